The third-order valence-corrected chi connectivity index (χ3v) is 3.21. The van der Waals surface area contributed by atoms with Gasteiger partial charge in [-0.15, -0.1) is 0 Å². The summed E-state index contributed by atoms with van der Waals surface area (Å²) in [5, 5.41) is 9.49. The van der Waals surface area contributed by atoms with E-state index in [0.717, 1.165) is 5.56 Å². The summed E-state index contributed by atoms with van der Waals surface area (Å²) in [6.07, 6.45) is 0. The van der Waals surface area contributed by atoms with Gasteiger partial charge in [-0.1, -0.05) is 11.6 Å². The van der Waals surface area contributed by atoms with Crippen molar-refractivity contribution in [3.8, 4) is 0 Å². The fourth-order valence-electron chi connectivity index (χ4n) is 1.88. The van der Waals surface area contributed by atoms with E-state index in [9.17, 15) is 4.79 Å². The molecule has 16 heavy (non-hydrogen) atoms. The molecule has 0 aliphatic carbocycles. The quantitative estimate of drug-likeness (QED) is 0.765. The smallest absolute Gasteiger partial charge is 0.256 e. The molecule has 0 radical (unpaired) electrons. The maximum absolute atomic E-state index is 12.0. The highest BCUT2D eigenvalue weighted by atomic mass is 35.5. The first-order valence-corrected chi connectivity index (χ1v) is 5.42. The average Bonchev–Trinajstić information content (AvgIpc) is 2.62. The summed E-state index contributed by atoms with van der Waals surface area (Å²) in [7, 11) is 0. The van der Waals surface area contributed by atoms with Crippen molar-refractivity contribution >= 4 is 23.2 Å². The van der Waals surface area contributed by atoms with Gasteiger partial charge in [-0.05, 0) is 19.1 Å². The first kappa shape index (κ1) is 11.2. The van der Waals surface area contributed by atoms with E-state index in [-0.39, 0.29) is 18.6 Å². The van der Waals surface area contributed by atoms with Crippen molar-refractivity contribution in [3.63, 3.8) is 0 Å². The number of aliphatic hydroxyl groups excluding tert-OH is 1. The zero-order valence-corrected chi connectivity index (χ0v) is 9.66. The molecular formula is C11H13ClN2O2. The molecule has 0 saturated carbocycles. The molecule has 0 aromatic heterocycles. The molecule has 0 spiro atoms. The maximum atomic E-state index is 12.0. The Bertz CT molecular complexity index is 448. The lowest BCUT2D eigenvalue weighted by Gasteiger charge is -2.22. The number of fused-ring (bicyclic) bond motifs is 1. The minimum absolute atomic E-state index is 0.0722. The molecule has 4 nitrogen and oxygen atoms in total. The SMILES string of the molecule is CC(CO)N1Cc2c(N)ccc(Cl)c2C1=O. The molecule has 2 rings (SSSR count). The number of benzene rings is 1. The number of nitrogens with two attached hydrogens (primary N) is 1. The highest BCUT2D eigenvalue weighted by molar-refractivity contribution is 6.34. The zero-order valence-electron chi connectivity index (χ0n) is 8.90. The molecule has 0 saturated heterocycles. The molecule has 1 unspecified atom stereocenters. The van der Waals surface area contributed by atoms with Crippen LogP contribution in [0.1, 0.15) is 22.8 Å². The summed E-state index contributed by atoms with van der Waals surface area (Å²) in [5.74, 6) is -0.158. The van der Waals surface area contributed by atoms with E-state index in [2.05, 4.69) is 0 Å². The highest BCUT2D eigenvalue weighted by Crippen LogP contribution is 2.33. The van der Waals surface area contributed by atoms with Crippen LogP contribution in [0, 0.1) is 0 Å². The van der Waals surface area contributed by atoms with Crippen LogP contribution in [0.15, 0.2) is 12.1 Å². The van der Waals surface area contributed by atoms with Crippen molar-refractivity contribution in [1.29, 1.82) is 0 Å². The molecule has 3 N–H and O–H groups in total. The minimum Gasteiger partial charge on any atom is -0.398 e. The molecule has 1 atom stereocenters. The van der Waals surface area contributed by atoms with Crippen LogP contribution in [-0.4, -0.2) is 28.6 Å². The number of carbonyl (C=O) groups is 1. The van der Waals surface area contributed by atoms with Crippen molar-refractivity contribution in [3.05, 3.63) is 28.3 Å². The molecular weight excluding hydrogens is 228 g/mol. The topological polar surface area (TPSA) is 66.6 Å². The second-order valence-corrected chi connectivity index (χ2v) is 4.36. The molecule has 1 aliphatic heterocycles. The molecule has 1 aromatic carbocycles. The summed E-state index contributed by atoms with van der Waals surface area (Å²) < 4.78 is 0. The predicted molar refractivity (Wildman–Crippen MR) is 62.3 cm³/mol. The van der Waals surface area contributed by atoms with Crippen molar-refractivity contribution in [2.24, 2.45) is 0 Å². The normalized spacial score (nSPS) is 16.4. The van der Waals surface area contributed by atoms with Gasteiger partial charge >= 0.3 is 0 Å². The number of hydrogen-bond donors (Lipinski definition) is 2. The number of halogens is 1. The Morgan fingerprint density at radius 1 is 1.62 bits per heavy atom. The monoisotopic (exact) mass is 240 g/mol. The van der Waals surface area contributed by atoms with Crippen molar-refractivity contribution in [2.75, 3.05) is 12.3 Å². The zero-order chi connectivity index (χ0) is 11.9. The van der Waals surface area contributed by atoms with Gasteiger partial charge in [0.15, 0.2) is 0 Å². The standard InChI is InChI=1S/C11H13ClN2O2/c1-6(5-15)14-4-7-9(13)3-2-8(12)10(7)11(14)16/h2-3,6,15H,4-5,13H2,1H3. The lowest BCUT2D eigenvalue weighted by atomic mass is 10.1. The molecule has 0 fully saturated rings. The Labute approximate surface area is 98.6 Å². The second-order valence-electron chi connectivity index (χ2n) is 3.95. The number of nitrogen functional groups attached to an aromatic ring is 1. The highest BCUT2D eigenvalue weighted by Gasteiger charge is 2.33. The van der Waals surface area contributed by atoms with Crippen molar-refractivity contribution < 1.29 is 9.90 Å². The first-order chi connectivity index (χ1) is 7.56. The number of nitrogens with zero attached hydrogens (tertiary/aromatic N) is 1. The number of carbonyl (C=O) groups excluding carboxylic acids is 1. The van der Waals surface area contributed by atoms with Crippen LogP contribution in [-0.2, 0) is 6.54 Å². The Hall–Kier alpha value is -1.26. The van der Waals surface area contributed by atoms with Gasteiger partial charge in [0.05, 0.1) is 23.2 Å². The molecule has 0 bridgehead atoms. The van der Waals surface area contributed by atoms with E-state index >= 15 is 0 Å². The maximum Gasteiger partial charge on any atom is 0.256 e. The summed E-state index contributed by atoms with van der Waals surface area (Å²) >= 11 is 5.98. The number of hydrogen-bond acceptors (Lipinski definition) is 3. The lowest BCUT2D eigenvalue weighted by Crippen LogP contribution is -2.35. The van der Waals surface area contributed by atoms with Gasteiger partial charge in [-0.25, -0.2) is 0 Å². The molecule has 1 amide bonds. The van der Waals surface area contributed by atoms with E-state index in [4.69, 9.17) is 22.4 Å². The number of rotatable bonds is 2. The summed E-state index contributed by atoms with van der Waals surface area (Å²) in [4.78, 5) is 13.6. The van der Waals surface area contributed by atoms with E-state index in [1.54, 1.807) is 24.0 Å². The van der Waals surface area contributed by atoms with Crippen LogP contribution in [0.3, 0.4) is 0 Å². The first-order valence-electron chi connectivity index (χ1n) is 5.05. The van der Waals surface area contributed by atoms with E-state index in [0.29, 0.717) is 22.8 Å². The van der Waals surface area contributed by atoms with Gasteiger partial charge in [0.2, 0.25) is 0 Å². The van der Waals surface area contributed by atoms with Crippen LogP contribution < -0.4 is 5.73 Å². The fourth-order valence-corrected chi connectivity index (χ4v) is 2.14. The average molecular weight is 241 g/mol. The van der Waals surface area contributed by atoms with E-state index < -0.39 is 0 Å². The van der Waals surface area contributed by atoms with Crippen molar-refractivity contribution in [1.82, 2.24) is 4.90 Å². The molecule has 1 heterocycles. The number of amides is 1. The van der Waals surface area contributed by atoms with E-state index in [1.807, 2.05) is 0 Å². The van der Waals surface area contributed by atoms with Crippen LogP contribution in [0.25, 0.3) is 0 Å². The van der Waals surface area contributed by atoms with E-state index in [1.165, 1.54) is 0 Å². The van der Waals surface area contributed by atoms with Crippen molar-refractivity contribution in [2.45, 2.75) is 19.5 Å². The fraction of sp³-hybridized carbons (Fsp3) is 0.364. The molecule has 5 heteroatoms. The van der Waals surface area contributed by atoms with Crippen LogP contribution in [0.5, 0.6) is 0 Å². The third kappa shape index (κ3) is 1.54. The van der Waals surface area contributed by atoms with Gasteiger partial charge in [0, 0.05) is 17.8 Å². The van der Waals surface area contributed by atoms with Gasteiger partial charge in [-0.3, -0.25) is 4.79 Å². The van der Waals surface area contributed by atoms with Gasteiger partial charge in [0.1, 0.15) is 0 Å². The largest absolute Gasteiger partial charge is 0.398 e. The van der Waals surface area contributed by atoms with Gasteiger partial charge in [0.25, 0.3) is 5.91 Å². The number of aliphatic hydroxyl groups is 1. The third-order valence-electron chi connectivity index (χ3n) is 2.90. The van der Waals surface area contributed by atoms with Gasteiger partial charge < -0.3 is 15.7 Å². The summed E-state index contributed by atoms with van der Waals surface area (Å²) in [6.45, 7) is 2.13. The molecule has 86 valence electrons. The Balaban J connectivity index is 2.46. The molecule has 1 aromatic rings. The summed E-state index contributed by atoms with van der Waals surface area (Å²) in [6, 6.07) is 3.10. The van der Waals surface area contributed by atoms with Crippen LogP contribution >= 0.6 is 11.6 Å². The Kier molecular flexibility index (Phi) is 2.78. The van der Waals surface area contributed by atoms with Crippen LogP contribution in [0.4, 0.5) is 5.69 Å². The van der Waals surface area contributed by atoms with Crippen LogP contribution in [0.2, 0.25) is 5.02 Å². The van der Waals surface area contributed by atoms with Gasteiger partial charge in [-0.2, -0.15) is 0 Å². The Morgan fingerprint density at radius 2 is 2.31 bits per heavy atom. The number of anilines is 1. The predicted octanol–water partition coefficient (Wildman–Crippen LogP) is 1.26. The Morgan fingerprint density at radius 3 is 2.88 bits per heavy atom. The summed E-state index contributed by atoms with van der Waals surface area (Å²) in [5.41, 5.74) is 7.61. The lowest BCUT2D eigenvalue weighted by molar-refractivity contribution is 0.0644. The second kappa shape index (κ2) is 3.96. The minimum atomic E-state index is -0.227. The molecule has 1 aliphatic rings.